The van der Waals surface area contributed by atoms with Crippen LogP contribution in [0.1, 0.15) is 6.42 Å². The SMILES string of the molecule is NNc1ccc([N+](=O)[O-])c(NC2CCOC2)n1. The van der Waals surface area contributed by atoms with Crippen LogP contribution < -0.4 is 16.6 Å². The summed E-state index contributed by atoms with van der Waals surface area (Å²) >= 11 is 0. The topological polar surface area (TPSA) is 115 Å². The van der Waals surface area contributed by atoms with Gasteiger partial charge in [0.25, 0.3) is 0 Å². The molecule has 0 spiro atoms. The van der Waals surface area contributed by atoms with Crippen LogP contribution >= 0.6 is 0 Å². The number of ether oxygens (including phenoxy) is 1. The molecule has 1 aliphatic heterocycles. The number of hydrogen-bond acceptors (Lipinski definition) is 7. The van der Waals surface area contributed by atoms with Crippen molar-refractivity contribution < 1.29 is 9.66 Å². The summed E-state index contributed by atoms with van der Waals surface area (Å²) in [7, 11) is 0. The van der Waals surface area contributed by atoms with Crippen molar-refractivity contribution in [2.24, 2.45) is 5.84 Å². The summed E-state index contributed by atoms with van der Waals surface area (Å²) in [5.41, 5.74) is 2.28. The molecule has 4 N–H and O–H groups in total. The zero-order valence-electron chi connectivity index (χ0n) is 9.05. The van der Waals surface area contributed by atoms with E-state index in [1.807, 2.05) is 0 Å². The molecule has 8 nitrogen and oxygen atoms in total. The number of rotatable bonds is 4. The Morgan fingerprint density at radius 1 is 1.59 bits per heavy atom. The first-order chi connectivity index (χ1) is 8.20. The smallest absolute Gasteiger partial charge is 0.311 e. The Morgan fingerprint density at radius 3 is 3.00 bits per heavy atom. The van der Waals surface area contributed by atoms with Crippen LogP contribution in [0.25, 0.3) is 0 Å². The van der Waals surface area contributed by atoms with Crippen molar-refractivity contribution >= 4 is 17.3 Å². The van der Waals surface area contributed by atoms with E-state index in [1.165, 1.54) is 12.1 Å². The number of nitrogens with two attached hydrogens (primary N) is 1. The van der Waals surface area contributed by atoms with Crippen molar-refractivity contribution in [2.45, 2.75) is 12.5 Å². The van der Waals surface area contributed by atoms with Crippen molar-refractivity contribution in [1.29, 1.82) is 0 Å². The summed E-state index contributed by atoms with van der Waals surface area (Å²) in [6.45, 7) is 1.18. The van der Waals surface area contributed by atoms with Crippen LogP contribution in [-0.4, -0.2) is 29.2 Å². The van der Waals surface area contributed by atoms with Crippen molar-refractivity contribution in [2.75, 3.05) is 24.0 Å². The Labute approximate surface area is 97.3 Å². The van der Waals surface area contributed by atoms with Crippen LogP contribution in [0, 0.1) is 10.1 Å². The third kappa shape index (κ3) is 2.60. The predicted octanol–water partition coefficient (Wildman–Crippen LogP) is 0.476. The van der Waals surface area contributed by atoms with Crippen LogP contribution in [-0.2, 0) is 4.74 Å². The second-order valence-electron chi connectivity index (χ2n) is 3.67. The molecule has 1 aromatic rings. The van der Waals surface area contributed by atoms with E-state index in [1.54, 1.807) is 0 Å². The Bertz CT molecular complexity index is 419. The molecule has 1 aromatic heterocycles. The van der Waals surface area contributed by atoms with Gasteiger partial charge in [0, 0.05) is 12.7 Å². The highest BCUT2D eigenvalue weighted by molar-refractivity contribution is 5.60. The van der Waals surface area contributed by atoms with Crippen LogP contribution in [0.2, 0.25) is 0 Å². The number of hydrogen-bond donors (Lipinski definition) is 3. The number of nitrogens with zero attached hydrogens (tertiary/aromatic N) is 2. The molecule has 0 saturated carbocycles. The Balaban J connectivity index is 2.24. The number of nitrogens with one attached hydrogen (secondary N) is 2. The molecular weight excluding hydrogens is 226 g/mol. The van der Waals surface area contributed by atoms with Gasteiger partial charge in [0.05, 0.1) is 17.6 Å². The largest absolute Gasteiger partial charge is 0.379 e. The fourth-order valence-corrected chi connectivity index (χ4v) is 1.63. The van der Waals surface area contributed by atoms with E-state index in [0.717, 1.165) is 6.42 Å². The van der Waals surface area contributed by atoms with Gasteiger partial charge in [-0.3, -0.25) is 10.1 Å². The lowest BCUT2D eigenvalue weighted by molar-refractivity contribution is -0.384. The van der Waals surface area contributed by atoms with E-state index in [-0.39, 0.29) is 17.5 Å². The molecule has 0 aromatic carbocycles. The van der Waals surface area contributed by atoms with Gasteiger partial charge in [-0.05, 0) is 12.5 Å². The van der Waals surface area contributed by atoms with Crippen LogP contribution in [0.15, 0.2) is 12.1 Å². The molecule has 92 valence electrons. The first kappa shape index (κ1) is 11.6. The minimum Gasteiger partial charge on any atom is -0.379 e. The van der Waals surface area contributed by atoms with Crippen LogP contribution in [0.3, 0.4) is 0 Å². The van der Waals surface area contributed by atoms with Gasteiger partial charge in [0.1, 0.15) is 5.82 Å². The normalized spacial score (nSPS) is 19.0. The molecule has 1 fully saturated rings. The third-order valence-electron chi connectivity index (χ3n) is 2.49. The highest BCUT2D eigenvalue weighted by Gasteiger charge is 2.21. The van der Waals surface area contributed by atoms with Gasteiger partial charge in [0.15, 0.2) is 0 Å². The molecule has 1 atom stereocenters. The highest BCUT2D eigenvalue weighted by atomic mass is 16.6. The molecule has 0 radical (unpaired) electrons. The average molecular weight is 239 g/mol. The van der Waals surface area contributed by atoms with Gasteiger partial charge in [-0.25, -0.2) is 10.8 Å². The fourth-order valence-electron chi connectivity index (χ4n) is 1.63. The number of nitro groups is 1. The molecule has 1 unspecified atom stereocenters. The second-order valence-corrected chi connectivity index (χ2v) is 3.67. The number of hydrazine groups is 1. The molecule has 17 heavy (non-hydrogen) atoms. The summed E-state index contributed by atoms with van der Waals surface area (Å²) in [6, 6.07) is 2.86. The van der Waals surface area contributed by atoms with Gasteiger partial charge in [0.2, 0.25) is 5.82 Å². The first-order valence-electron chi connectivity index (χ1n) is 5.17. The maximum atomic E-state index is 10.8. The van der Waals surface area contributed by atoms with Gasteiger partial charge in [-0.1, -0.05) is 0 Å². The van der Waals surface area contributed by atoms with E-state index in [4.69, 9.17) is 10.6 Å². The minimum atomic E-state index is -0.481. The maximum absolute atomic E-state index is 10.8. The Hall–Kier alpha value is -1.93. The Morgan fingerprint density at radius 2 is 2.41 bits per heavy atom. The molecule has 2 rings (SSSR count). The molecule has 0 bridgehead atoms. The van der Waals surface area contributed by atoms with E-state index in [0.29, 0.717) is 19.0 Å². The minimum absolute atomic E-state index is 0.0502. The zero-order chi connectivity index (χ0) is 12.3. The van der Waals surface area contributed by atoms with Gasteiger partial charge in [-0.2, -0.15) is 0 Å². The van der Waals surface area contributed by atoms with Gasteiger partial charge in [-0.15, -0.1) is 0 Å². The van der Waals surface area contributed by atoms with Crippen LogP contribution in [0.5, 0.6) is 0 Å². The second kappa shape index (κ2) is 4.93. The van der Waals surface area contributed by atoms with E-state index in [9.17, 15) is 10.1 Å². The van der Waals surface area contributed by atoms with E-state index in [2.05, 4.69) is 15.7 Å². The summed E-state index contributed by atoms with van der Waals surface area (Å²) in [5, 5.41) is 13.8. The van der Waals surface area contributed by atoms with Crippen molar-refractivity contribution in [1.82, 2.24) is 4.98 Å². The summed E-state index contributed by atoms with van der Waals surface area (Å²) < 4.78 is 5.19. The summed E-state index contributed by atoms with van der Waals surface area (Å²) in [6.07, 6.45) is 0.805. The predicted molar refractivity (Wildman–Crippen MR) is 61.5 cm³/mol. The van der Waals surface area contributed by atoms with E-state index >= 15 is 0 Å². The summed E-state index contributed by atoms with van der Waals surface area (Å²) in [5.74, 6) is 5.80. The van der Waals surface area contributed by atoms with Crippen LogP contribution in [0.4, 0.5) is 17.3 Å². The lowest BCUT2D eigenvalue weighted by Gasteiger charge is -2.12. The average Bonchev–Trinajstić information content (AvgIpc) is 2.81. The van der Waals surface area contributed by atoms with Crippen molar-refractivity contribution in [3.63, 3.8) is 0 Å². The standard InChI is InChI=1S/C9H13N5O3/c10-13-8-2-1-7(14(15)16)9(12-8)11-6-3-4-17-5-6/h1-2,6H,3-5,10H2,(H2,11,12,13). The lowest BCUT2D eigenvalue weighted by atomic mass is 10.2. The van der Waals surface area contributed by atoms with Gasteiger partial charge >= 0.3 is 5.69 Å². The fraction of sp³-hybridized carbons (Fsp3) is 0.444. The lowest BCUT2D eigenvalue weighted by Crippen LogP contribution is -2.21. The molecule has 2 heterocycles. The molecule has 1 saturated heterocycles. The van der Waals surface area contributed by atoms with Crippen molar-refractivity contribution in [3.05, 3.63) is 22.2 Å². The molecule has 0 aliphatic carbocycles. The molecular formula is C9H13N5O3. The number of anilines is 2. The molecule has 0 amide bonds. The molecule has 8 heteroatoms. The molecule has 1 aliphatic rings. The highest BCUT2D eigenvalue weighted by Crippen LogP contribution is 2.25. The third-order valence-corrected chi connectivity index (χ3v) is 2.49. The summed E-state index contributed by atoms with van der Waals surface area (Å²) in [4.78, 5) is 14.4. The quantitative estimate of drug-likeness (QED) is 0.397. The number of nitrogen functional groups attached to an aromatic ring is 1. The number of aromatic nitrogens is 1. The number of pyridine rings is 1. The Kier molecular flexibility index (Phi) is 3.35. The first-order valence-corrected chi connectivity index (χ1v) is 5.17. The maximum Gasteiger partial charge on any atom is 0.311 e. The van der Waals surface area contributed by atoms with Crippen molar-refractivity contribution in [3.8, 4) is 0 Å². The van der Waals surface area contributed by atoms with Gasteiger partial charge < -0.3 is 15.5 Å². The monoisotopic (exact) mass is 239 g/mol. The van der Waals surface area contributed by atoms with E-state index < -0.39 is 4.92 Å². The zero-order valence-corrected chi connectivity index (χ0v) is 9.05.